The van der Waals surface area contributed by atoms with Gasteiger partial charge in [0.05, 0.1) is 23.7 Å². The number of carbonyl (C=O) groups excluding carboxylic acids is 1. The Kier molecular flexibility index (Phi) is 4.95. The van der Waals surface area contributed by atoms with E-state index >= 15 is 0 Å². The van der Waals surface area contributed by atoms with Gasteiger partial charge in [-0.3, -0.25) is 4.79 Å². The lowest BCUT2D eigenvalue weighted by Crippen LogP contribution is -2.30. The van der Waals surface area contributed by atoms with E-state index in [9.17, 15) is 22.7 Å². The van der Waals surface area contributed by atoms with E-state index in [1.54, 1.807) is 24.3 Å². The molecule has 154 valence electrons. The Balaban J connectivity index is 1.86. The maximum Gasteiger partial charge on any atom is 0.291 e. The van der Waals surface area contributed by atoms with Gasteiger partial charge in [-0.15, -0.1) is 0 Å². The van der Waals surface area contributed by atoms with Crippen LogP contribution in [0, 0.1) is 12.7 Å². The summed E-state index contributed by atoms with van der Waals surface area (Å²) in [6.07, 6.45) is 1.43. The predicted octanol–water partition coefficient (Wildman–Crippen LogP) is 4.05. The number of furan rings is 1. The van der Waals surface area contributed by atoms with Crippen molar-refractivity contribution in [1.29, 1.82) is 0 Å². The number of aliphatic hydroxyl groups is 1. The first-order chi connectivity index (χ1) is 14.3. The highest BCUT2D eigenvalue weighted by atomic mass is 32.2. The van der Waals surface area contributed by atoms with Gasteiger partial charge >= 0.3 is 0 Å². The number of aliphatic hydroxyl groups excluding tert-OH is 1. The van der Waals surface area contributed by atoms with E-state index < -0.39 is 38.3 Å². The van der Waals surface area contributed by atoms with Gasteiger partial charge < -0.3 is 14.4 Å². The zero-order valence-corrected chi connectivity index (χ0v) is 16.8. The lowest BCUT2D eigenvalue weighted by atomic mass is 10.1. The first-order valence-corrected chi connectivity index (χ1v) is 10.6. The van der Waals surface area contributed by atoms with E-state index in [0.717, 1.165) is 5.56 Å². The van der Waals surface area contributed by atoms with E-state index in [1.807, 2.05) is 6.92 Å². The minimum absolute atomic E-state index is 0.0468. The van der Waals surface area contributed by atoms with Crippen LogP contribution < -0.4 is 0 Å². The van der Waals surface area contributed by atoms with Gasteiger partial charge in [0.25, 0.3) is 5.91 Å². The quantitative estimate of drug-likeness (QED) is 0.664. The van der Waals surface area contributed by atoms with E-state index in [4.69, 9.17) is 4.42 Å². The second kappa shape index (κ2) is 7.46. The van der Waals surface area contributed by atoms with Gasteiger partial charge in [-0.25, -0.2) is 12.8 Å². The highest BCUT2D eigenvalue weighted by Gasteiger charge is 2.47. The minimum atomic E-state index is -4.21. The lowest BCUT2D eigenvalue weighted by molar-refractivity contribution is -0.130. The summed E-state index contributed by atoms with van der Waals surface area (Å²) >= 11 is 0. The van der Waals surface area contributed by atoms with Crippen molar-refractivity contribution >= 4 is 15.7 Å². The maximum atomic E-state index is 13.5. The molecular weight excluding hydrogens is 409 g/mol. The van der Waals surface area contributed by atoms with Crippen LogP contribution in [0.5, 0.6) is 0 Å². The first-order valence-electron chi connectivity index (χ1n) is 9.13. The highest BCUT2D eigenvalue weighted by Crippen LogP contribution is 2.43. The topological polar surface area (TPSA) is 87.8 Å². The third kappa shape index (κ3) is 3.39. The smallest absolute Gasteiger partial charge is 0.291 e. The summed E-state index contributed by atoms with van der Waals surface area (Å²) in [5.41, 5.74) is 1.22. The molecule has 0 radical (unpaired) electrons. The molecule has 2 aromatic carbocycles. The molecule has 1 unspecified atom stereocenters. The van der Waals surface area contributed by atoms with Gasteiger partial charge in [-0.1, -0.05) is 29.8 Å². The number of rotatable bonds is 5. The van der Waals surface area contributed by atoms with E-state index in [-0.39, 0.29) is 11.4 Å². The molecule has 1 aliphatic heterocycles. The van der Waals surface area contributed by atoms with E-state index in [1.165, 1.54) is 47.6 Å². The van der Waals surface area contributed by atoms with Crippen LogP contribution in [0.4, 0.5) is 4.39 Å². The molecule has 8 heteroatoms. The Bertz CT molecular complexity index is 1210. The zero-order valence-electron chi connectivity index (χ0n) is 15.9. The molecule has 0 fully saturated rings. The number of halogens is 1. The van der Waals surface area contributed by atoms with Crippen LogP contribution in [0.25, 0.3) is 0 Å². The minimum Gasteiger partial charge on any atom is -0.502 e. The average Bonchev–Trinajstić information content (AvgIpc) is 3.31. The zero-order chi connectivity index (χ0) is 21.5. The summed E-state index contributed by atoms with van der Waals surface area (Å²) in [4.78, 5) is 13.6. The predicted molar refractivity (Wildman–Crippen MR) is 106 cm³/mol. The largest absolute Gasteiger partial charge is 0.502 e. The number of carbonyl (C=O) groups is 1. The molecule has 0 spiro atoms. The van der Waals surface area contributed by atoms with Gasteiger partial charge in [0.15, 0.2) is 5.76 Å². The molecule has 1 aromatic heterocycles. The number of nitrogens with zero attached hydrogens (tertiary/aromatic N) is 1. The normalized spacial score (nSPS) is 17.1. The highest BCUT2D eigenvalue weighted by molar-refractivity contribution is 7.95. The van der Waals surface area contributed by atoms with Crippen molar-refractivity contribution in [3.63, 3.8) is 0 Å². The van der Waals surface area contributed by atoms with Crippen LogP contribution in [0.15, 0.2) is 86.9 Å². The fourth-order valence-corrected chi connectivity index (χ4v) is 5.11. The fraction of sp³-hybridized carbons (Fsp3) is 0.136. The summed E-state index contributed by atoms with van der Waals surface area (Å²) < 4.78 is 45.6. The second-order valence-corrected chi connectivity index (χ2v) is 8.91. The molecule has 1 N–H and O–H groups in total. The molecule has 0 aliphatic carbocycles. The summed E-state index contributed by atoms with van der Waals surface area (Å²) in [6, 6.07) is 13.4. The summed E-state index contributed by atoms with van der Waals surface area (Å²) in [5, 5.41) is 10.6. The second-order valence-electron chi connectivity index (χ2n) is 7.00. The Morgan fingerprint density at radius 2 is 1.73 bits per heavy atom. The molecule has 6 nitrogen and oxygen atoms in total. The third-order valence-corrected chi connectivity index (χ3v) is 6.86. The molecule has 0 bridgehead atoms. The van der Waals surface area contributed by atoms with Crippen molar-refractivity contribution < 1.29 is 27.1 Å². The number of amides is 1. The summed E-state index contributed by atoms with van der Waals surface area (Å²) in [5.74, 6) is -1.78. The van der Waals surface area contributed by atoms with E-state index in [0.29, 0.717) is 11.3 Å². The van der Waals surface area contributed by atoms with Crippen LogP contribution in [0.1, 0.15) is 22.9 Å². The third-order valence-electron chi connectivity index (χ3n) is 4.97. The number of sulfone groups is 1. The van der Waals surface area contributed by atoms with Crippen molar-refractivity contribution in [3.8, 4) is 0 Å². The average molecular weight is 427 g/mol. The van der Waals surface area contributed by atoms with Crippen LogP contribution in [0.2, 0.25) is 0 Å². The number of hydrogen-bond acceptors (Lipinski definition) is 5. The van der Waals surface area contributed by atoms with Crippen LogP contribution in [-0.2, 0) is 21.2 Å². The molecule has 0 saturated heterocycles. The van der Waals surface area contributed by atoms with Gasteiger partial charge in [0.1, 0.15) is 16.5 Å². The Morgan fingerprint density at radius 3 is 2.33 bits per heavy atom. The lowest BCUT2D eigenvalue weighted by Gasteiger charge is -2.26. The molecule has 2 heterocycles. The van der Waals surface area contributed by atoms with Crippen molar-refractivity contribution in [3.05, 3.63) is 100 Å². The van der Waals surface area contributed by atoms with Gasteiger partial charge in [-0.05, 0) is 48.9 Å². The SMILES string of the molecule is Cc1ccc(S(=O)(=O)C2=C(O)C(=O)N(Cc3ccco3)C2c2ccc(F)cc2)cc1. The Hall–Kier alpha value is -3.39. The van der Waals surface area contributed by atoms with Gasteiger partial charge in [-0.2, -0.15) is 0 Å². The Morgan fingerprint density at radius 1 is 1.07 bits per heavy atom. The van der Waals surface area contributed by atoms with Crippen molar-refractivity contribution in [2.75, 3.05) is 0 Å². The molecule has 3 aromatic rings. The molecule has 1 aliphatic rings. The molecule has 1 atom stereocenters. The van der Waals surface area contributed by atoms with Crippen LogP contribution in [0.3, 0.4) is 0 Å². The molecule has 1 amide bonds. The molecule has 0 saturated carbocycles. The van der Waals surface area contributed by atoms with Gasteiger partial charge in [0.2, 0.25) is 9.84 Å². The van der Waals surface area contributed by atoms with Gasteiger partial charge in [0, 0.05) is 0 Å². The van der Waals surface area contributed by atoms with Crippen LogP contribution in [-0.4, -0.2) is 24.3 Å². The first kappa shape index (κ1) is 19.9. The standard InChI is InChI=1S/C22H18FNO5S/c1-14-4-10-18(11-5-14)30(27,28)21-19(15-6-8-16(23)9-7-15)24(22(26)20(21)25)13-17-3-2-12-29-17/h2-12,19,25H,13H2,1H3. The monoisotopic (exact) mass is 427 g/mol. The molecule has 4 rings (SSSR count). The summed E-state index contributed by atoms with van der Waals surface area (Å²) in [6.45, 7) is 1.75. The number of benzene rings is 2. The number of hydrogen-bond donors (Lipinski definition) is 1. The summed E-state index contributed by atoms with van der Waals surface area (Å²) in [7, 11) is -4.21. The Labute approximate surface area is 172 Å². The fourth-order valence-electron chi connectivity index (χ4n) is 3.46. The van der Waals surface area contributed by atoms with Crippen molar-refractivity contribution in [2.45, 2.75) is 24.4 Å². The van der Waals surface area contributed by atoms with Crippen molar-refractivity contribution in [2.24, 2.45) is 0 Å². The molecule has 30 heavy (non-hydrogen) atoms. The van der Waals surface area contributed by atoms with E-state index in [2.05, 4.69) is 0 Å². The number of aryl methyl sites for hydroxylation is 1. The van der Waals surface area contributed by atoms with Crippen molar-refractivity contribution in [1.82, 2.24) is 4.90 Å². The maximum absolute atomic E-state index is 13.5. The molecular formula is C22H18FNO5S. The van der Waals surface area contributed by atoms with Crippen LogP contribution >= 0.6 is 0 Å².